The first-order valence-corrected chi connectivity index (χ1v) is 6.41. The standard InChI is InChI=1S/C13H21N3O2/c1-13(2,3)12(17)14-11-7-10(15-16-11)9-5-4-6-18-8-9/h7,9H,4-6,8H2,1-3H3,(H2,14,15,16,17)/t9-/m0/s1. The molecule has 1 atom stereocenters. The lowest BCUT2D eigenvalue weighted by Gasteiger charge is -2.20. The van der Waals surface area contributed by atoms with E-state index in [0.717, 1.165) is 31.7 Å². The maximum Gasteiger partial charge on any atom is 0.230 e. The highest BCUT2D eigenvalue weighted by atomic mass is 16.5. The van der Waals surface area contributed by atoms with Crippen molar-refractivity contribution >= 4 is 11.7 Å². The third kappa shape index (κ3) is 3.10. The van der Waals surface area contributed by atoms with Gasteiger partial charge in [0.1, 0.15) is 0 Å². The Balaban J connectivity index is 1.99. The van der Waals surface area contributed by atoms with Crippen LogP contribution in [0.2, 0.25) is 0 Å². The molecular formula is C13H21N3O2. The van der Waals surface area contributed by atoms with Crippen LogP contribution in [0.5, 0.6) is 0 Å². The summed E-state index contributed by atoms with van der Waals surface area (Å²) in [6.07, 6.45) is 2.18. The highest BCUT2D eigenvalue weighted by molar-refractivity contribution is 5.93. The molecule has 1 fully saturated rings. The van der Waals surface area contributed by atoms with Crippen LogP contribution in [0.3, 0.4) is 0 Å². The Bertz CT molecular complexity index is 414. The van der Waals surface area contributed by atoms with Crippen molar-refractivity contribution < 1.29 is 9.53 Å². The SMILES string of the molecule is CC(C)(C)C(=O)Nc1cc([C@H]2CCCOC2)[nH]n1. The van der Waals surface area contributed by atoms with Crippen molar-refractivity contribution in [1.82, 2.24) is 10.2 Å². The lowest BCUT2D eigenvalue weighted by Crippen LogP contribution is -2.27. The minimum Gasteiger partial charge on any atom is -0.381 e. The molecule has 5 heteroatoms. The second-order valence-corrected chi connectivity index (χ2v) is 5.83. The molecule has 5 nitrogen and oxygen atoms in total. The molecule has 1 aliphatic rings. The van der Waals surface area contributed by atoms with E-state index in [4.69, 9.17) is 4.74 Å². The van der Waals surface area contributed by atoms with Gasteiger partial charge in [-0.3, -0.25) is 9.89 Å². The van der Waals surface area contributed by atoms with Gasteiger partial charge in [0.05, 0.1) is 6.61 Å². The Labute approximate surface area is 107 Å². The minimum absolute atomic E-state index is 0.0274. The van der Waals surface area contributed by atoms with E-state index >= 15 is 0 Å². The summed E-state index contributed by atoms with van der Waals surface area (Å²) in [5, 5.41) is 9.94. The van der Waals surface area contributed by atoms with Crippen LogP contribution in [0.15, 0.2) is 6.07 Å². The summed E-state index contributed by atoms with van der Waals surface area (Å²) < 4.78 is 5.45. The molecule has 1 aromatic rings. The van der Waals surface area contributed by atoms with Gasteiger partial charge in [-0.15, -0.1) is 0 Å². The molecule has 0 unspecified atom stereocenters. The van der Waals surface area contributed by atoms with Gasteiger partial charge in [-0.1, -0.05) is 20.8 Å². The number of rotatable bonds is 2. The molecule has 2 N–H and O–H groups in total. The Morgan fingerprint density at radius 2 is 2.33 bits per heavy atom. The lowest BCUT2D eigenvalue weighted by atomic mass is 9.95. The second-order valence-electron chi connectivity index (χ2n) is 5.83. The number of hydrogen-bond acceptors (Lipinski definition) is 3. The van der Waals surface area contributed by atoms with Crippen LogP contribution < -0.4 is 5.32 Å². The Morgan fingerprint density at radius 1 is 1.56 bits per heavy atom. The molecule has 0 spiro atoms. The van der Waals surface area contributed by atoms with Crippen LogP contribution >= 0.6 is 0 Å². The van der Waals surface area contributed by atoms with Gasteiger partial charge >= 0.3 is 0 Å². The lowest BCUT2D eigenvalue weighted by molar-refractivity contribution is -0.123. The van der Waals surface area contributed by atoms with Gasteiger partial charge in [-0.05, 0) is 12.8 Å². The molecular weight excluding hydrogens is 230 g/mol. The Hall–Kier alpha value is -1.36. The fourth-order valence-corrected chi connectivity index (χ4v) is 1.90. The molecule has 1 aromatic heterocycles. The summed E-state index contributed by atoms with van der Waals surface area (Å²) >= 11 is 0. The summed E-state index contributed by atoms with van der Waals surface area (Å²) in [7, 11) is 0. The number of carbonyl (C=O) groups excluding carboxylic acids is 1. The fraction of sp³-hybridized carbons (Fsp3) is 0.692. The minimum atomic E-state index is -0.410. The van der Waals surface area contributed by atoms with Gasteiger partial charge in [0, 0.05) is 29.7 Å². The largest absolute Gasteiger partial charge is 0.381 e. The van der Waals surface area contributed by atoms with Crippen molar-refractivity contribution in [3.8, 4) is 0 Å². The molecule has 2 rings (SSSR count). The predicted molar refractivity (Wildman–Crippen MR) is 69.5 cm³/mol. The molecule has 0 saturated carbocycles. The summed E-state index contributed by atoms with van der Waals surface area (Å²) in [5.74, 6) is 0.933. The maximum atomic E-state index is 11.8. The van der Waals surface area contributed by atoms with Crippen molar-refractivity contribution in [3.63, 3.8) is 0 Å². The number of H-pyrrole nitrogens is 1. The van der Waals surface area contributed by atoms with E-state index in [1.807, 2.05) is 26.8 Å². The zero-order valence-electron chi connectivity index (χ0n) is 11.2. The van der Waals surface area contributed by atoms with E-state index in [9.17, 15) is 4.79 Å². The van der Waals surface area contributed by atoms with Gasteiger partial charge in [-0.25, -0.2) is 0 Å². The number of amides is 1. The number of aromatic amines is 1. The van der Waals surface area contributed by atoms with E-state index in [1.165, 1.54) is 0 Å². The molecule has 2 heterocycles. The average molecular weight is 251 g/mol. The molecule has 0 radical (unpaired) electrons. The summed E-state index contributed by atoms with van der Waals surface area (Å²) in [6.45, 7) is 7.22. The Kier molecular flexibility index (Phi) is 3.71. The number of nitrogens with zero attached hydrogens (tertiary/aromatic N) is 1. The maximum absolute atomic E-state index is 11.8. The van der Waals surface area contributed by atoms with Crippen LogP contribution in [0, 0.1) is 5.41 Å². The third-order valence-corrected chi connectivity index (χ3v) is 3.12. The first kappa shape index (κ1) is 13.1. The van der Waals surface area contributed by atoms with E-state index in [-0.39, 0.29) is 5.91 Å². The quantitative estimate of drug-likeness (QED) is 0.847. The Morgan fingerprint density at radius 3 is 2.94 bits per heavy atom. The van der Waals surface area contributed by atoms with Crippen LogP contribution in [-0.4, -0.2) is 29.3 Å². The van der Waals surface area contributed by atoms with Crippen LogP contribution in [0.25, 0.3) is 0 Å². The van der Waals surface area contributed by atoms with Crippen molar-refractivity contribution in [1.29, 1.82) is 0 Å². The third-order valence-electron chi connectivity index (χ3n) is 3.12. The molecule has 0 bridgehead atoms. The van der Waals surface area contributed by atoms with Gasteiger partial charge in [0.2, 0.25) is 5.91 Å². The molecule has 0 aliphatic carbocycles. The molecule has 1 aliphatic heterocycles. The molecule has 18 heavy (non-hydrogen) atoms. The number of anilines is 1. The number of nitrogens with one attached hydrogen (secondary N) is 2. The first-order valence-electron chi connectivity index (χ1n) is 6.41. The molecule has 1 amide bonds. The number of aromatic nitrogens is 2. The van der Waals surface area contributed by atoms with E-state index < -0.39 is 5.41 Å². The fourth-order valence-electron chi connectivity index (χ4n) is 1.90. The normalized spacial score (nSPS) is 20.7. The monoisotopic (exact) mass is 251 g/mol. The second kappa shape index (κ2) is 5.10. The number of carbonyl (C=O) groups is 1. The van der Waals surface area contributed by atoms with Crippen molar-refractivity contribution in [2.45, 2.75) is 39.5 Å². The molecule has 1 saturated heterocycles. The average Bonchev–Trinajstić information content (AvgIpc) is 2.77. The highest BCUT2D eigenvalue weighted by Gasteiger charge is 2.23. The molecule has 100 valence electrons. The summed E-state index contributed by atoms with van der Waals surface area (Å²) in [5.41, 5.74) is 0.631. The van der Waals surface area contributed by atoms with E-state index in [0.29, 0.717) is 11.7 Å². The highest BCUT2D eigenvalue weighted by Crippen LogP contribution is 2.25. The van der Waals surface area contributed by atoms with Gasteiger partial charge in [0.15, 0.2) is 5.82 Å². The zero-order valence-corrected chi connectivity index (χ0v) is 11.2. The number of hydrogen-bond donors (Lipinski definition) is 2. The van der Waals surface area contributed by atoms with Crippen molar-refractivity contribution in [2.75, 3.05) is 18.5 Å². The van der Waals surface area contributed by atoms with E-state index in [1.54, 1.807) is 0 Å². The smallest absolute Gasteiger partial charge is 0.230 e. The molecule has 0 aromatic carbocycles. The summed E-state index contributed by atoms with van der Waals surface area (Å²) in [4.78, 5) is 11.8. The van der Waals surface area contributed by atoms with E-state index in [2.05, 4.69) is 15.5 Å². The number of ether oxygens (including phenoxy) is 1. The van der Waals surface area contributed by atoms with Crippen LogP contribution in [-0.2, 0) is 9.53 Å². The topological polar surface area (TPSA) is 67.0 Å². The van der Waals surface area contributed by atoms with Gasteiger partial charge < -0.3 is 10.1 Å². The van der Waals surface area contributed by atoms with Gasteiger partial charge in [-0.2, -0.15) is 5.10 Å². The van der Waals surface area contributed by atoms with Crippen molar-refractivity contribution in [3.05, 3.63) is 11.8 Å². The van der Waals surface area contributed by atoms with Crippen LogP contribution in [0.4, 0.5) is 5.82 Å². The zero-order chi connectivity index (χ0) is 13.2. The van der Waals surface area contributed by atoms with Crippen molar-refractivity contribution in [2.24, 2.45) is 5.41 Å². The van der Waals surface area contributed by atoms with Crippen LogP contribution in [0.1, 0.15) is 45.2 Å². The summed E-state index contributed by atoms with van der Waals surface area (Å²) in [6, 6.07) is 1.91. The van der Waals surface area contributed by atoms with Gasteiger partial charge in [0.25, 0.3) is 0 Å². The first-order chi connectivity index (χ1) is 8.47. The predicted octanol–water partition coefficient (Wildman–Crippen LogP) is 2.29.